The molecule has 0 aliphatic rings. The number of methoxy groups -OCH3 is 1. The predicted molar refractivity (Wildman–Crippen MR) is 108 cm³/mol. The molecule has 2 aromatic rings. The van der Waals surface area contributed by atoms with E-state index in [0.717, 1.165) is 16.9 Å². The van der Waals surface area contributed by atoms with Crippen molar-refractivity contribution in [2.24, 2.45) is 5.92 Å². The number of ether oxygens (including phenoxy) is 1. The number of carbonyl (C=O) groups excluding carboxylic acids is 2. The summed E-state index contributed by atoms with van der Waals surface area (Å²) in [7, 11) is 1.61. The van der Waals surface area contributed by atoms with Crippen molar-refractivity contribution in [2.45, 2.75) is 33.7 Å². The second kappa shape index (κ2) is 9.07. The summed E-state index contributed by atoms with van der Waals surface area (Å²) in [6.45, 7) is 7.57. The van der Waals surface area contributed by atoms with Crippen molar-refractivity contribution in [1.82, 2.24) is 5.32 Å². The molecular weight excluding hydrogens is 342 g/mol. The molecule has 144 valence electrons. The van der Waals surface area contributed by atoms with Crippen LogP contribution in [0.15, 0.2) is 42.5 Å². The molecule has 0 radical (unpaired) electrons. The summed E-state index contributed by atoms with van der Waals surface area (Å²) >= 11 is 0. The molecule has 0 aromatic heterocycles. The fraction of sp³-hybridized carbons (Fsp3) is 0.333. The van der Waals surface area contributed by atoms with Crippen LogP contribution < -0.4 is 20.7 Å². The lowest BCUT2D eigenvalue weighted by Crippen LogP contribution is -2.31. The summed E-state index contributed by atoms with van der Waals surface area (Å²) in [4.78, 5) is 24.0. The molecule has 0 unspecified atom stereocenters. The minimum absolute atomic E-state index is 0.0469. The van der Waals surface area contributed by atoms with E-state index < -0.39 is 0 Å². The van der Waals surface area contributed by atoms with Crippen molar-refractivity contribution in [2.75, 3.05) is 17.7 Å². The van der Waals surface area contributed by atoms with Crippen LogP contribution in [0, 0.1) is 12.8 Å². The largest absolute Gasteiger partial charge is 0.496 e. The van der Waals surface area contributed by atoms with Crippen LogP contribution in [-0.4, -0.2) is 19.0 Å². The number of nitrogens with one attached hydrogen (secondary N) is 3. The van der Waals surface area contributed by atoms with Gasteiger partial charge in [0.2, 0.25) is 5.91 Å². The number of amides is 3. The molecule has 3 amide bonds. The van der Waals surface area contributed by atoms with Gasteiger partial charge in [-0.25, -0.2) is 4.79 Å². The lowest BCUT2D eigenvalue weighted by atomic mass is 10.0. The van der Waals surface area contributed by atoms with E-state index in [2.05, 4.69) is 16.0 Å². The van der Waals surface area contributed by atoms with Crippen molar-refractivity contribution in [3.63, 3.8) is 0 Å². The zero-order valence-corrected chi connectivity index (χ0v) is 16.4. The molecule has 6 heteroatoms. The average molecular weight is 369 g/mol. The van der Waals surface area contributed by atoms with E-state index in [0.29, 0.717) is 11.4 Å². The normalized spacial score (nSPS) is 11.6. The second-order valence-corrected chi connectivity index (χ2v) is 6.79. The molecule has 0 fully saturated rings. The van der Waals surface area contributed by atoms with Crippen molar-refractivity contribution < 1.29 is 14.3 Å². The third kappa shape index (κ3) is 5.74. The zero-order valence-electron chi connectivity index (χ0n) is 16.4. The van der Waals surface area contributed by atoms with Crippen molar-refractivity contribution >= 4 is 23.3 Å². The minimum atomic E-state index is -0.315. The highest BCUT2D eigenvalue weighted by atomic mass is 16.5. The maximum atomic E-state index is 12.3. The van der Waals surface area contributed by atoms with E-state index in [9.17, 15) is 9.59 Å². The molecule has 0 saturated carbocycles. The van der Waals surface area contributed by atoms with Gasteiger partial charge in [-0.1, -0.05) is 31.5 Å². The maximum Gasteiger partial charge on any atom is 0.319 e. The van der Waals surface area contributed by atoms with Crippen LogP contribution in [0.1, 0.15) is 37.9 Å². The van der Waals surface area contributed by atoms with Crippen LogP contribution in [0.5, 0.6) is 5.75 Å². The van der Waals surface area contributed by atoms with Crippen LogP contribution in [0.25, 0.3) is 0 Å². The van der Waals surface area contributed by atoms with E-state index >= 15 is 0 Å². The molecule has 0 aliphatic carbocycles. The van der Waals surface area contributed by atoms with E-state index in [1.54, 1.807) is 31.4 Å². The number of benzene rings is 2. The minimum Gasteiger partial charge on any atom is -0.496 e. The summed E-state index contributed by atoms with van der Waals surface area (Å²) in [5.74, 6) is 0.599. The van der Waals surface area contributed by atoms with Gasteiger partial charge >= 0.3 is 6.03 Å². The molecule has 2 rings (SSSR count). The molecular formula is C21H27N3O3. The summed E-state index contributed by atoms with van der Waals surface area (Å²) in [6, 6.07) is 12.3. The molecule has 0 spiro atoms. The van der Waals surface area contributed by atoms with Gasteiger partial charge in [0.25, 0.3) is 0 Å². The number of rotatable bonds is 6. The summed E-state index contributed by atoms with van der Waals surface area (Å²) in [6.07, 6.45) is 0. The van der Waals surface area contributed by atoms with Crippen molar-refractivity contribution in [1.29, 1.82) is 0 Å². The first-order valence-corrected chi connectivity index (χ1v) is 8.93. The van der Waals surface area contributed by atoms with Crippen LogP contribution >= 0.6 is 0 Å². The van der Waals surface area contributed by atoms with E-state index in [4.69, 9.17) is 4.74 Å². The number of anilines is 2. The lowest BCUT2D eigenvalue weighted by Gasteiger charge is -2.18. The highest BCUT2D eigenvalue weighted by molar-refractivity contribution is 5.93. The summed E-state index contributed by atoms with van der Waals surface area (Å²) in [5.41, 5.74) is 3.34. The maximum absolute atomic E-state index is 12.3. The van der Waals surface area contributed by atoms with Gasteiger partial charge in [-0.2, -0.15) is 0 Å². The fourth-order valence-electron chi connectivity index (χ4n) is 2.56. The number of aryl methyl sites for hydroxylation is 1. The number of hydrogen-bond acceptors (Lipinski definition) is 3. The number of urea groups is 1. The molecule has 1 atom stereocenters. The Morgan fingerprint density at radius 1 is 0.926 bits per heavy atom. The van der Waals surface area contributed by atoms with Crippen LogP contribution in [0.4, 0.5) is 16.2 Å². The topological polar surface area (TPSA) is 79.5 Å². The van der Waals surface area contributed by atoms with Gasteiger partial charge in [0.15, 0.2) is 0 Å². The third-order valence-corrected chi connectivity index (χ3v) is 4.13. The summed E-state index contributed by atoms with van der Waals surface area (Å²) < 4.78 is 5.38. The van der Waals surface area contributed by atoms with Gasteiger partial charge in [-0.3, -0.25) is 4.79 Å². The SMILES string of the molecule is COc1ccc(C)cc1[C@@H](C)NC(=O)Nc1ccc(NC(=O)C(C)C)cc1. The van der Waals surface area contributed by atoms with Crippen molar-refractivity contribution in [3.05, 3.63) is 53.6 Å². The van der Waals surface area contributed by atoms with Gasteiger partial charge in [0, 0.05) is 22.9 Å². The standard InChI is InChI=1S/C21H27N3O3/c1-13(2)20(25)23-16-7-9-17(10-8-16)24-21(26)22-15(4)18-12-14(3)6-11-19(18)27-5/h6-13,15H,1-5H3,(H,23,25)(H2,22,24,26)/t15-/m1/s1. The molecule has 0 bridgehead atoms. The fourth-order valence-corrected chi connectivity index (χ4v) is 2.56. The highest BCUT2D eigenvalue weighted by Gasteiger charge is 2.14. The smallest absolute Gasteiger partial charge is 0.319 e. The Bertz CT molecular complexity index is 801. The third-order valence-electron chi connectivity index (χ3n) is 4.13. The van der Waals surface area contributed by atoms with Gasteiger partial charge < -0.3 is 20.7 Å². The highest BCUT2D eigenvalue weighted by Crippen LogP contribution is 2.26. The van der Waals surface area contributed by atoms with Crippen LogP contribution in [0.3, 0.4) is 0 Å². The van der Waals surface area contributed by atoms with E-state index in [1.165, 1.54) is 0 Å². The molecule has 6 nitrogen and oxygen atoms in total. The summed E-state index contributed by atoms with van der Waals surface area (Å²) in [5, 5.41) is 8.52. The van der Waals surface area contributed by atoms with E-state index in [1.807, 2.05) is 45.9 Å². The van der Waals surface area contributed by atoms with Crippen molar-refractivity contribution in [3.8, 4) is 5.75 Å². The molecule has 0 aliphatic heterocycles. The Labute approximate surface area is 160 Å². The van der Waals surface area contributed by atoms with Gasteiger partial charge in [-0.15, -0.1) is 0 Å². The second-order valence-electron chi connectivity index (χ2n) is 6.79. The van der Waals surface area contributed by atoms with Gasteiger partial charge in [-0.05, 0) is 44.2 Å². The van der Waals surface area contributed by atoms with Crippen LogP contribution in [0.2, 0.25) is 0 Å². The molecule has 3 N–H and O–H groups in total. The Morgan fingerprint density at radius 3 is 2.07 bits per heavy atom. The Kier molecular flexibility index (Phi) is 6.82. The molecule has 2 aromatic carbocycles. The van der Waals surface area contributed by atoms with E-state index in [-0.39, 0.29) is 23.9 Å². The first-order valence-electron chi connectivity index (χ1n) is 8.93. The van der Waals surface area contributed by atoms with Gasteiger partial charge in [0.05, 0.1) is 13.2 Å². The number of carbonyl (C=O) groups is 2. The first-order chi connectivity index (χ1) is 12.8. The predicted octanol–water partition coefficient (Wildman–Crippen LogP) is 4.48. The first kappa shape index (κ1) is 20.3. The average Bonchev–Trinajstić information content (AvgIpc) is 2.63. The Morgan fingerprint density at radius 2 is 1.52 bits per heavy atom. The number of hydrogen-bond donors (Lipinski definition) is 3. The van der Waals surface area contributed by atoms with Crippen LogP contribution in [-0.2, 0) is 4.79 Å². The monoisotopic (exact) mass is 369 g/mol. The molecule has 0 heterocycles. The van der Waals surface area contributed by atoms with Gasteiger partial charge in [0.1, 0.15) is 5.75 Å². The Balaban J connectivity index is 1.97. The molecule has 0 saturated heterocycles. The zero-order chi connectivity index (χ0) is 20.0. The Hall–Kier alpha value is -3.02. The quantitative estimate of drug-likeness (QED) is 0.702. The molecule has 27 heavy (non-hydrogen) atoms. The lowest BCUT2D eigenvalue weighted by molar-refractivity contribution is -0.118.